The van der Waals surface area contributed by atoms with Crippen LogP contribution in [0.15, 0.2) is 22.5 Å². The van der Waals surface area contributed by atoms with Gasteiger partial charge in [0, 0.05) is 48.7 Å². The minimum atomic E-state index is 0.0753. The molecule has 2 aromatic heterocycles. The zero-order valence-electron chi connectivity index (χ0n) is 14.9. The Labute approximate surface area is 142 Å². The number of hydrogen-bond acceptors (Lipinski definition) is 3. The molecule has 0 amide bonds. The number of thiophene rings is 1. The molecule has 0 unspecified atom stereocenters. The Balaban J connectivity index is 1.94. The van der Waals surface area contributed by atoms with E-state index >= 15 is 0 Å². The third-order valence-electron chi connectivity index (χ3n) is 4.20. The standard InChI is InChI=1S/C17H27N5S/c1-12-14(13(2)22(6)21-12)10-19-16(18-5)20-11-17(3,4)15-8-7-9-23-15/h7-9H,10-11H2,1-6H3,(H2,18,19,20). The van der Waals surface area contributed by atoms with Crippen LogP contribution in [0.3, 0.4) is 0 Å². The van der Waals surface area contributed by atoms with Gasteiger partial charge in [0.15, 0.2) is 5.96 Å². The van der Waals surface area contributed by atoms with E-state index in [9.17, 15) is 0 Å². The summed E-state index contributed by atoms with van der Waals surface area (Å²) < 4.78 is 1.92. The molecule has 23 heavy (non-hydrogen) atoms. The van der Waals surface area contributed by atoms with Crippen molar-refractivity contribution < 1.29 is 0 Å². The van der Waals surface area contributed by atoms with E-state index in [1.165, 1.54) is 16.1 Å². The molecule has 0 aliphatic rings. The molecule has 2 heterocycles. The van der Waals surface area contributed by atoms with Crippen LogP contribution >= 0.6 is 11.3 Å². The van der Waals surface area contributed by atoms with Gasteiger partial charge in [-0.05, 0) is 25.3 Å². The van der Waals surface area contributed by atoms with Gasteiger partial charge < -0.3 is 10.6 Å². The van der Waals surface area contributed by atoms with Gasteiger partial charge in [-0.1, -0.05) is 19.9 Å². The van der Waals surface area contributed by atoms with E-state index in [-0.39, 0.29) is 5.41 Å². The van der Waals surface area contributed by atoms with Crippen molar-refractivity contribution in [1.82, 2.24) is 20.4 Å². The normalized spacial score (nSPS) is 12.5. The minimum absolute atomic E-state index is 0.0753. The smallest absolute Gasteiger partial charge is 0.191 e. The van der Waals surface area contributed by atoms with E-state index in [0.29, 0.717) is 0 Å². The molecule has 0 bridgehead atoms. The maximum absolute atomic E-state index is 4.45. The van der Waals surface area contributed by atoms with E-state index in [2.05, 4.69) is 59.0 Å². The van der Waals surface area contributed by atoms with Crippen molar-refractivity contribution in [3.8, 4) is 0 Å². The molecule has 0 radical (unpaired) electrons. The second-order valence-corrected chi connectivity index (χ2v) is 7.36. The van der Waals surface area contributed by atoms with Crippen LogP contribution in [0.2, 0.25) is 0 Å². The summed E-state index contributed by atoms with van der Waals surface area (Å²) in [4.78, 5) is 5.70. The van der Waals surface area contributed by atoms with Gasteiger partial charge in [0.2, 0.25) is 0 Å². The number of guanidine groups is 1. The van der Waals surface area contributed by atoms with E-state index in [1.807, 2.05) is 18.7 Å². The first-order chi connectivity index (χ1) is 10.8. The molecule has 6 heteroatoms. The molecule has 0 spiro atoms. The Hall–Kier alpha value is -1.82. The zero-order valence-corrected chi connectivity index (χ0v) is 15.7. The summed E-state index contributed by atoms with van der Waals surface area (Å²) >= 11 is 1.79. The van der Waals surface area contributed by atoms with Gasteiger partial charge >= 0.3 is 0 Å². The molecule has 126 valence electrons. The number of aliphatic imine (C=N–C) groups is 1. The quantitative estimate of drug-likeness (QED) is 0.653. The minimum Gasteiger partial charge on any atom is -0.356 e. The number of hydrogen-bond donors (Lipinski definition) is 2. The molecule has 0 fully saturated rings. The Morgan fingerprint density at radius 1 is 1.35 bits per heavy atom. The van der Waals surface area contributed by atoms with Crippen LogP contribution in [0, 0.1) is 13.8 Å². The number of aryl methyl sites for hydroxylation is 2. The van der Waals surface area contributed by atoms with Crippen molar-refractivity contribution in [2.75, 3.05) is 13.6 Å². The summed E-state index contributed by atoms with van der Waals surface area (Å²) in [5, 5.41) is 13.4. The fourth-order valence-electron chi connectivity index (χ4n) is 2.52. The Morgan fingerprint density at radius 2 is 2.09 bits per heavy atom. The lowest BCUT2D eigenvalue weighted by molar-refractivity contribution is 0.518. The molecule has 0 saturated carbocycles. The lowest BCUT2D eigenvalue weighted by atomic mass is 9.91. The van der Waals surface area contributed by atoms with Crippen LogP contribution in [0.5, 0.6) is 0 Å². The van der Waals surface area contributed by atoms with Crippen molar-refractivity contribution in [3.63, 3.8) is 0 Å². The van der Waals surface area contributed by atoms with Gasteiger partial charge in [0.1, 0.15) is 0 Å². The highest BCUT2D eigenvalue weighted by Gasteiger charge is 2.22. The maximum Gasteiger partial charge on any atom is 0.191 e. The molecule has 0 aromatic carbocycles. The van der Waals surface area contributed by atoms with E-state index in [0.717, 1.165) is 24.7 Å². The monoisotopic (exact) mass is 333 g/mol. The van der Waals surface area contributed by atoms with E-state index < -0.39 is 0 Å². The van der Waals surface area contributed by atoms with Gasteiger partial charge in [-0.2, -0.15) is 5.10 Å². The average molecular weight is 334 g/mol. The van der Waals surface area contributed by atoms with Crippen LogP contribution in [0.4, 0.5) is 0 Å². The first kappa shape index (κ1) is 17.5. The summed E-state index contributed by atoms with van der Waals surface area (Å²) in [6.07, 6.45) is 0. The molecular formula is C17H27N5S. The summed E-state index contributed by atoms with van der Waals surface area (Å²) in [6, 6.07) is 4.29. The topological polar surface area (TPSA) is 54.2 Å². The lowest BCUT2D eigenvalue weighted by Gasteiger charge is -2.25. The molecule has 0 saturated heterocycles. The molecular weight excluding hydrogens is 306 g/mol. The number of nitrogens with zero attached hydrogens (tertiary/aromatic N) is 3. The summed E-state index contributed by atoms with van der Waals surface area (Å²) in [5.74, 6) is 0.817. The lowest BCUT2D eigenvalue weighted by Crippen LogP contribution is -2.43. The van der Waals surface area contributed by atoms with Crippen molar-refractivity contribution in [1.29, 1.82) is 0 Å². The van der Waals surface area contributed by atoms with Crippen molar-refractivity contribution in [3.05, 3.63) is 39.3 Å². The van der Waals surface area contributed by atoms with Gasteiger partial charge in [0.25, 0.3) is 0 Å². The Kier molecular flexibility index (Phi) is 5.46. The van der Waals surface area contributed by atoms with Crippen molar-refractivity contribution >= 4 is 17.3 Å². The maximum atomic E-state index is 4.45. The zero-order chi connectivity index (χ0) is 17.0. The summed E-state index contributed by atoms with van der Waals surface area (Å²) in [7, 11) is 3.78. The fourth-order valence-corrected chi connectivity index (χ4v) is 3.37. The third kappa shape index (κ3) is 4.13. The predicted molar refractivity (Wildman–Crippen MR) is 98.2 cm³/mol. The van der Waals surface area contributed by atoms with Crippen LogP contribution < -0.4 is 10.6 Å². The Bertz CT molecular complexity index is 667. The molecule has 0 aliphatic heterocycles. The van der Waals surface area contributed by atoms with Crippen LogP contribution in [-0.2, 0) is 19.0 Å². The third-order valence-corrected chi connectivity index (χ3v) is 5.44. The predicted octanol–water partition coefficient (Wildman–Crippen LogP) is 2.74. The molecule has 0 aliphatic carbocycles. The van der Waals surface area contributed by atoms with E-state index in [4.69, 9.17) is 0 Å². The summed E-state index contributed by atoms with van der Waals surface area (Å²) in [6.45, 7) is 10.2. The highest BCUT2D eigenvalue weighted by Crippen LogP contribution is 2.26. The molecule has 2 rings (SSSR count). The van der Waals surface area contributed by atoms with Gasteiger partial charge in [0.05, 0.1) is 5.69 Å². The van der Waals surface area contributed by atoms with Crippen molar-refractivity contribution in [2.24, 2.45) is 12.0 Å². The first-order valence-corrected chi connectivity index (χ1v) is 8.70. The largest absolute Gasteiger partial charge is 0.356 e. The summed E-state index contributed by atoms with van der Waals surface area (Å²) in [5.41, 5.74) is 3.55. The average Bonchev–Trinajstić information content (AvgIpc) is 3.11. The number of aromatic nitrogens is 2. The molecule has 2 N–H and O–H groups in total. The number of nitrogens with one attached hydrogen (secondary N) is 2. The Morgan fingerprint density at radius 3 is 2.61 bits per heavy atom. The van der Waals surface area contributed by atoms with Crippen LogP contribution in [0.25, 0.3) is 0 Å². The van der Waals surface area contributed by atoms with Gasteiger partial charge in [-0.25, -0.2) is 0 Å². The second-order valence-electron chi connectivity index (χ2n) is 6.41. The number of rotatable bonds is 5. The van der Waals surface area contributed by atoms with Crippen LogP contribution in [0.1, 0.15) is 35.7 Å². The molecule has 5 nitrogen and oxygen atoms in total. The SMILES string of the molecule is CN=C(NCc1c(C)nn(C)c1C)NCC(C)(C)c1cccs1. The van der Waals surface area contributed by atoms with Gasteiger partial charge in [-0.15, -0.1) is 11.3 Å². The first-order valence-electron chi connectivity index (χ1n) is 7.82. The highest BCUT2D eigenvalue weighted by molar-refractivity contribution is 7.10. The second kappa shape index (κ2) is 7.17. The van der Waals surface area contributed by atoms with Crippen molar-refractivity contribution in [2.45, 2.75) is 39.7 Å². The molecule has 2 aromatic rings. The van der Waals surface area contributed by atoms with E-state index in [1.54, 1.807) is 18.4 Å². The highest BCUT2D eigenvalue weighted by atomic mass is 32.1. The van der Waals surface area contributed by atoms with Crippen LogP contribution in [-0.4, -0.2) is 29.3 Å². The van der Waals surface area contributed by atoms with Gasteiger partial charge in [-0.3, -0.25) is 9.67 Å². The fraction of sp³-hybridized carbons (Fsp3) is 0.529. The molecule has 0 atom stereocenters.